The SMILES string of the molecule is CC1=CC=C(c2c3ccccc3c(C3=CC=C4C=CC=CC4C3)c3ccc(C4=CCC(C(C)(C)F)C=C4)cc23)CC1. The Morgan fingerprint density at radius 1 is 0.756 bits per heavy atom. The van der Waals surface area contributed by atoms with Gasteiger partial charge in [0, 0.05) is 11.8 Å². The van der Waals surface area contributed by atoms with Gasteiger partial charge >= 0.3 is 0 Å². The van der Waals surface area contributed by atoms with Gasteiger partial charge in [0.2, 0.25) is 0 Å². The maximum Gasteiger partial charge on any atom is 0.112 e. The highest BCUT2D eigenvalue weighted by atomic mass is 19.1. The molecular weight excluding hydrogens is 499 g/mol. The van der Waals surface area contributed by atoms with Crippen molar-refractivity contribution in [3.8, 4) is 0 Å². The number of alkyl halides is 1. The summed E-state index contributed by atoms with van der Waals surface area (Å²) < 4.78 is 14.7. The molecule has 4 aliphatic carbocycles. The molecule has 2 unspecified atom stereocenters. The second kappa shape index (κ2) is 10.1. The van der Waals surface area contributed by atoms with E-state index in [9.17, 15) is 4.39 Å². The molecule has 1 heteroatoms. The van der Waals surface area contributed by atoms with Crippen LogP contribution in [0.15, 0.2) is 120 Å². The molecule has 0 bridgehead atoms. The summed E-state index contributed by atoms with van der Waals surface area (Å²) in [6.45, 7) is 5.59. The third kappa shape index (κ3) is 4.72. The summed E-state index contributed by atoms with van der Waals surface area (Å²) in [5.74, 6) is 0.340. The second-order valence-corrected chi connectivity index (χ2v) is 12.6. The Morgan fingerprint density at radius 2 is 1.51 bits per heavy atom. The molecule has 204 valence electrons. The van der Waals surface area contributed by atoms with Gasteiger partial charge in [0.1, 0.15) is 5.67 Å². The van der Waals surface area contributed by atoms with Crippen molar-refractivity contribution in [2.75, 3.05) is 0 Å². The molecule has 0 spiro atoms. The summed E-state index contributed by atoms with van der Waals surface area (Å²) in [6.07, 6.45) is 28.5. The first-order valence-corrected chi connectivity index (χ1v) is 15.1. The van der Waals surface area contributed by atoms with E-state index in [1.165, 1.54) is 66.1 Å². The Labute approximate surface area is 243 Å². The first kappa shape index (κ1) is 26.0. The quantitative estimate of drug-likeness (QED) is 0.291. The van der Waals surface area contributed by atoms with Gasteiger partial charge in [0.25, 0.3) is 0 Å². The maximum absolute atomic E-state index is 14.7. The fourth-order valence-corrected chi connectivity index (χ4v) is 6.99. The summed E-state index contributed by atoms with van der Waals surface area (Å²) in [4.78, 5) is 0. The number of hydrogen-bond acceptors (Lipinski definition) is 0. The van der Waals surface area contributed by atoms with E-state index in [0.717, 1.165) is 25.7 Å². The van der Waals surface area contributed by atoms with Crippen LogP contribution in [0, 0.1) is 11.8 Å². The molecule has 7 rings (SSSR count). The minimum absolute atomic E-state index is 0.0832. The number of allylic oxidation sites excluding steroid dienone is 16. The molecule has 2 atom stereocenters. The van der Waals surface area contributed by atoms with Gasteiger partial charge in [-0.25, -0.2) is 4.39 Å². The molecule has 0 N–H and O–H groups in total. The molecule has 0 amide bonds. The molecular formula is C40H37F. The van der Waals surface area contributed by atoms with Crippen molar-refractivity contribution in [1.82, 2.24) is 0 Å². The minimum atomic E-state index is -1.21. The molecule has 0 heterocycles. The second-order valence-electron chi connectivity index (χ2n) is 12.6. The van der Waals surface area contributed by atoms with Gasteiger partial charge in [-0.1, -0.05) is 109 Å². The van der Waals surface area contributed by atoms with Gasteiger partial charge in [-0.05, 0) is 113 Å². The molecule has 0 aromatic heterocycles. The van der Waals surface area contributed by atoms with Crippen molar-refractivity contribution >= 4 is 38.3 Å². The first-order valence-electron chi connectivity index (χ1n) is 15.1. The van der Waals surface area contributed by atoms with Crippen LogP contribution in [0.3, 0.4) is 0 Å². The van der Waals surface area contributed by atoms with Crippen molar-refractivity contribution in [2.24, 2.45) is 11.8 Å². The van der Waals surface area contributed by atoms with Gasteiger partial charge in [0.05, 0.1) is 0 Å². The monoisotopic (exact) mass is 536 g/mol. The van der Waals surface area contributed by atoms with Gasteiger partial charge in [-0.3, -0.25) is 0 Å². The third-order valence-corrected chi connectivity index (χ3v) is 9.43. The van der Waals surface area contributed by atoms with Gasteiger partial charge in [-0.2, -0.15) is 0 Å². The van der Waals surface area contributed by atoms with E-state index in [2.05, 4.69) is 116 Å². The predicted octanol–water partition coefficient (Wildman–Crippen LogP) is 11.3. The van der Waals surface area contributed by atoms with Gasteiger partial charge < -0.3 is 0 Å². The Bertz CT molecular complexity index is 1820. The van der Waals surface area contributed by atoms with E-state index in [1.807, 2.05) is 0 Å². The van der Waals surface area contributed by atoms with Crippen molar-refractivity contribution in [2.45, 2.75) is 52.1 Å². The topological polar surface area (TPSA) is 0 Å². The zero-order valence-electron chi connectivity index (χ0n) is 24.3. The van der Waals surface area contributed by atoms with Crippen molar-refractivity contribution < 1.29 is 4.39 Å². The normalized spacial score (nSPS) is 22.2. The summed E-state index contributed by atoms with van der Waals surface area (Å²) in [5, 5.41) is 5.29. The molecule has 41 heavy (non-hydrogen) atoms. The van der Waals surface area contributed by atoms with Crippen molar-refractivity contribution in [1.29, 1.82) is 0 Å². The standard InChI is InChI=1S/C40H37F/c1-26-12-14-29(15-13-26)38-34-10-6-7-11-35(34)39(32-17-16-27-8-4-5-9-30(27)24-32)36-23-20-31(25-37(36)38)28-18-21-33(22-19-28)40(2,3)41/h4-12,14,16-21,23,25,30,33H,13,15,22,24H2,1-3H3. The number of halogens is 1. The zero-order chi connectivity index (χ0) is 28.1. The lowest BCUT2D eigenvalue weighted by Gasteiger charge is -2.27. The van der Waals surface area contributed by atoms with E-state index < -0.39 is 5.67 Å². The Hall–Kier alpha value is -3.97. The smallest absolute Gasteiger partial charge is 0.112 e. The van der Waals surface area contributed by atoms with E-state index in [0.29, 0.717) is 5.92 Å². The van der Waals surface area contributed by atoms with Crippen LogP contribution in [0.2, 0.25) is 0 Å². The number of rotatable bonds is 4. The number of benzene rings is 3. The number of hydrogen-bond donors (Lipinski definition) is 0. The van der Waals surface area contributed by atoms with Gasteiger partial charge in [-0.15, -0.1) is 0 Å². The summed E-state index contributed by atoms with van der Waals surface area (Å²) in [5.41, 5.74) is 9.54. The molecule has 0 nitrogen and oxygen atoms in total. The minimum Gasteiger partial charge on any atom is -0.244 e. The van der Waals surface area contributed by atoms with Crippen LogP contribution in [0.1, 0.15) is 63.1 Å². The highest BCUT2D eigenvalue weighted by molar-refractivity contribution is 6.16. The lowest BCUT2D eigenvalue weighted by Crippen LogP contribution is -2.24. The summed E-state index contributed by atoms with van der Waals surface area (Å²) in [6, 6.07) is 16.0. The molecule has 0 radical (unpaired) electrons. The first-order chi connectivity index (χ1) is 19.9. The molecule has 4 aliphatic rings. The lowest BCUT2D eigenvalue weighted by atomic mass is 9.77. The average molecular weight is 537 g/mol. The fraction of sp³-hybridized carbons (Fsp3) is 0.250. The van der Waals surface area contributed by atoms with E-state index in [1.54, 1.807) is 13.8 Å². The van der Waals surface area contributed by atoms with Crippen LogP contribution < -0.4 is 0 Å². The highest BCUT2D eigenvalue weighted by Gasteiger charge is 2.28. The Morgan fingerprint density at radius 3 is 2.22 bits per heavy atom. The molecule has 0 saturated carbocycles. The van der Waals surface area contributed by atoms with Crippen LogP contribution >= 0.6 is 0 Å². The molecule has 3 aromatic carbocycles. The summed E-state index contributed by atoms with van der Waals surface area (Å²) in [7, 11) is 0. The van der Waals surface area contributed by atoms with Gasteiger partial charge in [0.15, 0.2) is 0 Å². The predicted molar refractivity (Wildman–Crippen MR) is 175 cm³/mol. The van der Waals surface area contributed by atoms with Crippen LogP contribution in [0.25, 0.3) is 38.3 Å². The van der Waals surface area contributed by atoms with Crippen molar-refractivity contribution in [3.05, 3.63) is 137 Å². The lowest BCUT2D eigenvalue weighted by molar-refractivity contribution is 0.155. The molecule has 0 aliphatic heterocycles. The Balaban J connectivity index is 1.47. The van der Waals surface area contributed by atoms with E-state index in [4.69, 9.17) is 0 Å². The number of fused-ring (bicyclic) bond motifs is 3. The summed E-state index contributed by atoms with van der Waals surface area (Å²) >= 11 is 0. The molecule has 0 saturated heterocycles. The molecule has 3 aromatic rings. The zero-order valence-corrected chi connectivity index (χ0v) is 24.3. The van der Waals surface area contributed by atoms with E-state index >= 15 is 0 Å². The van der Waals surface area contributed by atoms with Crippen LogP contribution in [-0.2, 0) is 0 Å². The van der Waals surface area contributed by atoms with Crippen molar-refractivity contribution in [3.63, 3.8) is 0 Å². The largest absolute Gasteiger partial charge is 0.244 e. The molecule has 0 fully saturated rings. The highest BCUT2D eigenvalue weighted by Crippen LogP contribution is 2.46. The van der Waals surface area contributed by atoms with E-state index in [-0.39, 0.29) is 5.92 Å². The third-order valence-electron chi connectivity index (χ3n) is 9.43. The fourth-order valence-electron chi connectivity index (χ4n) is 6.99. The van der Waals surface area contributed by atoms with Crippen LogP contribution in [0.4, 0.5) is 4.39 Å². The van der Waals surface area contributed by atoms with Crippen LogP contribution in [0.5, 0.6) is 0 Å². The maximum atomic E-state index is 14.7. The average Bonchev–Trinajstić information content (AvgIpc) is 2.99. The Kier molecular flexibility index (Phi) is 6.42. The van der Waals surface area contributed by atoms with Crippen LogP contribution in [-0.4, -0.2) is 5.67 Å².